The van der Waals surface area contributed by atoms with Gasteiger partial charge in [0.1, 0.15) is 5.82 Å². The van der Waals surface area contributed by atoms with Crippen LogP contribution in [0.5, 0.6) is 0 Å². The number of hydrogen-bond acceptors (Lipinski definition) is 4. The lowest BCUT2D eigenvalue weighted by Crippen LogP contribution is -2.40. The molecule has 0 saturated carbocycles. The van der Waals surface area contributed by atoms with Gasteiger partial charge in [0.15, 0.2) is 0 Å². The van der Waals surface area contributed by atoms with Gasteiger partial charge < -0.3 is 9.64 Å². The van der Waals surface area contributed by atoms with Gasteiger partial charge in [-0.1, -0.05) is 6.07 Å². The smallest absolute Gasteiger partial charge is 0.370 e. The molecule has 1 atom stereocenters. The third-order valence-electron chi connectivity index (χ3n) is 3.97. The van der Waals surface area contributed by atoms with E-state index in [9.17, 15) is 13.2 Å². The third kappa shape index (κ3) is 4.23. The summed E-state index contributed by atoms with van der Waals surface area (Å²) in [5, 5.41) is 0. The van der Waals surface area contributed by atoms with Crippen molar-refractivity contribution in [2.45, 2.75) is 31.7 Å². The third-order valence-corrected chi connectivity index (χ3v) is 3.97. The van der Waals surface area contributed by atoms with Crippen molar-refractivity contribution < 1.29 is 17.9 Å². The Kier molecular flexibility index (Phi) is 4.99. The number of alkyl halides is 3. The van der Waals surface area contributed by atoms with E-state index in [1.165, 1.54) is 6.07 Å². The lowest BCUT2D eigenvalue weighted by atomic mass is 10.1. The molecular weight excluding hydrogens is 319 g/mol. The molecule has 0 spiro atoms. The highest BCUT2D eigenvalue weighted by molar-refractivity contribution is 5.40. The first-order valence-electron chi connectivity index (χ1n) is 7.82. The maximum atomic E-state index is 12.6. The van der Waals surface area contributed by atoms with Crippen LogP contribution in [0.15, 0.2) is 42.7 Å². The van der Waals surface area contributed by atoms with Crippen molar-refractivity contribution in [1.29, 1.82) is 0 Å². The van der Waals surface area contributed by atoms with Crippen LogP contribution in [-0.2, 0) is 17.5 Å². The van der Waals surface area contributed by atoms with Crippen molar-refractivity contribution >= 4 is 5.82 Å². The van der Waals surface area contributed by atoms with E-state index in [-0.39, 0.29) is 6.10 Å². The van der Waals surface area contributed by atoms with E-state index >= 15 is 0 Å². The van der Waals surface area contributed by atoms with Gasteiger partial charge in [-0.25, -0.2) is 4.98 Å². The van der Waals surface area contributed by atoms with Gasteiger partial charge in [-0.3, -0.25) is 4.98 Å². The van der Waals surface area contributed by atoms with Crippen molar-refractivity contribution in [2.75, 3.05) is 18.0 Å². The van der Waals surface area contributed by atoms with Gasteiger partial charge in [0, 0.05) is 25.5 Å². The highest BCUT2D eigenvalue weighted by atomic mass is 19.4. The minimum absolute atomic E-state index is 0.0184. The van der Waals surface area contributed by atoms with Crippen LogP contribution >= 0.6 is 0 Å². The summed E-state index contributed by atoms with van der Waals surface area (Å²) in [7, 11) is 0. The molecule has 1 saturated heterocycles. The fraction of sp³-hybridized carbons (Fsp3) is 0.412. The van der Waals surface area contributed by atoms with E-state index in [1.54, 1.807) is 6.20 Å². The molecule has 1 aliphatic heterocycles. The van der Waals surface area contributed by atoms with E-state index in [4.69, 9.17) is 4.74 Å². The fourth-order valence-electron chi connectivity index (χ4n) is 2.71. The Morgan fingerprint density at radius 2 is 2.04 bits per heavy atom. The summed E-state index contributed by atoms with van der Waals surface area (Å²) in [5.41, 5.74) is 0.133. The normalized spacial score (nSPS) is 18.6. The first-order valence-corrected chi connectivity index (χ1v) is 7.82. The summed E-state index contributed by atoms with van der Waals surface area (Å²) in [6.45, 7) is 1.81. The number of aromatic nitrogens is 2. The number of rotatable bonds is 4. The van der Waals surface area contributed by atoms with Crippen LogP contribution in [0.25, 0.3) is 0 Å². The summed E-state index contributed by atoms with van der Waals surface area (Å²) in [6, 6.07) is 8.15. The van der Waals surface area contributed by atoms with Crippen LogP contribution in [-0.4, -0.2) is 29.2 Å². The Morgan fingerprint density at radius 3 is 2.71 bits per heavy atom. The summed E-state index contributed by atoms with van der Waals surface area (Å²) < 4.78 is 43.7. The molecule has 7 heteroatoms. The van der Waals surface area contributed by atoms with E-state index in [0.29, 0.717) is 19.0 Å². The van der Waals surface area contributed by atoms with Gasteiger partial charge in [-0.15, -0.1) is 0 Å². The summed E-state index contributed by atoms with van der Waals surface area (Å²) in [5.74, 6) is 0.550. The summed E-state index contributed by atoms with van der Waals surface area (Å²) in [4.78, 5) is 10.1. The standard InChI is InChI=1S/C17H18F3N3O/c18-17(19,20)13-6-7-16(22-10-13)23-9-3-5-15(11-23)24-12-14-4-1-2-8-21-14/h1-2,4,6-8,10,15H,3,5,9,11-12H2. The zero-order valence-corrected chi connectivity index (χ0v) is 13.0. The number of nitrogens with zero attached hydrogens (tertiary/aromatic N) is 3. The fourth-order valence-corrected chi connectivity index (χ4v) is 2.71. The second-order valence-electron chi connectivity index (χ2n) is 5.75. The van der Waals surface area contributed by atoms with Gasteiger partial charge >= 0.3 is 6.18 Å². The molecule has 24 heavy (non-hydrogen) atoms. The average molecular weight is 337 g/mol. The van der Waals surface area contributed by atoms with Crippen molar-refractivity contribution in [3.8, 4) is 0 Å². The number of pyridine rings is 2. The molecule has 0 N–H and O–H groups in total. The molecule has 1 unspecified atom stereocenters. The van der Waals surface area contributed by atoms with E-state index < -0.39 is 11.7 Å². The molecule has 3 heterocycles. The second kappa shape index (κ2) is 7.17. The predicted molar refractivity (Wildman–Crippen MR) is 83.5 cm³/mol. The molecule has 0 aliphatic carbocycles. The number of halogens is 3. The quantitative estimate of drug-likeness (QED) is 0.853. The lowest BCUT2D eigenvalue weighted by molar-refractivity contribution is -0.137. The van der Waals surface area contributed by atoms with Crippen LogP contribution < -0.4 is 4.90 Å². The molecule has 0 bridgehead atoms. The van der Waals surface area contributed by atoms with Gasteiger partial charge in [0.2, 0.25) is 0 Å². The Hall–Kier alpha value is -2.15. The number of hydrogen-bond donors (Lipinski definition) is 0. The van der Waals surface area contributed by atoms with Crippen molar-refractivity contribution in [3.63, 3.8) is 0 Å². The molecule has 1 aliphatic rings. The van der Waals surface area contributed by atoms with Crippen LogP contribution in [0, 0.1) is 0 Å². The second-order valence-corrected chi connectivity index (χ2v) is 5.75. The number of anilines is 1. The zero-order chi connectivity index (χ0) is 17.0. The lowest BCUT2D eigenvalue weighted by Gasteiger charge is -2.33. The topological polar surface area (TPSA) is 38.2 Å². The molecule has 1 fully saturated rings. The largest absolute Gasteiger partial charge is 0.417 e. The maximum Gasteiger partial charge on any atom is 0.417 e. The minimum Gasteiger partial charge on any atom is -0.370 e. The van der Waals surface area contributed by atoms with E-state index in [2.05, 4.69) is 9.97 Å². The number of ether oxygens (including phenoxy) is 1. The SMILES string of the molecule is FC(F)(F)c1ccc(N2CCCC(OCc3ccccn3)C2)nc1. The van der Waals surface area contributed by atoms with Crippen LogP contribution in [0.1, 0.15) is 24.1 Å². The Balaban J connectivity index is 1.59. The Labute approximate surface area is 138 Å². The van der Waals surface area contributed by atoms with E-state index in [1.807, 2.05) is 23.1 Å². The molecule has 4 nitrogen and oxygen atoms in total. The molecule has 2 aromatic rings. The van der Waals surface area contributed by atoms with E-state index in [0.717, 1.165) is 37.3 Å². The van der Waals surface area contributed by atoms with Crippen molar-refractivity contribution in [3.05, 3.63) is 54.0 Å². The van der Waals surface area contributed by atoms with Gasteiger partial charge in [0.25, 0.3) is 0 Å². The first-order chi connectivity index (χ1) is 11.5. The van der Waals surface area contributed by atoms with Gasteiger partial charge in [-0.05, 0) is 37.1 Å². The van der Waals surface area contributed by atoms with Crippen LogP contribution in [0.2, 0.25) is 0 Å². The monoisotopic (exact) mass is 337 g/mol. The molecule has 0 aromatic carbocycles. The molecule has 0 amide bonds. The summed E-state index contributed by atoms with van der Waals surface area (Å²) in [6.07, 6.45) is 0.0948. The number of piperidine rings is 1. The molecule has 0 radical (unpaired) electrons. The highest BCUT2D eigenvalue weighted by Gasteiger charge is 2.31. The molecule has 128 valence electrons. The van der Waals surface area contributed by atoms with Crippen LogP contribution in [0.4, 0.5) is 19.0 Å². The van der Waals surface area contributed by atoms with Gasteiger partial charge in [0.05, 0.1) is 24.0 Å². The Bertz CT molecular complexity index is 646. The first kappa shape index (κ1) is 16.7. The molecule has 2 aromatic heterocycles. The van der Waals surface area contributed by atoms with Crippen LogP contribution in [0.3, 0.4) is 0 Å². The highest BCUT2D eigenvalue weighted by Crippen LogP contribution is 2.30. The average Bonchev–Trinajstić information content (AvgIpc) is 2.60. The summed E-state index contributed by atoms with van der Waals surface area (Å²) >= 11 is 0. The van der Waals surface area contributed by atoms with Crippen molar-refractivity contribution in [2.24, 2.45) is 0 Å². The minimum atomic E-state index is -4.36. The molecular formula is C17H18F3N3O. The zero-order valence-electron chi connectivity index (χ0n) is 13.0. The predicted octanol–water partition coefficient (Wildman–Crippen LogP) is 3.68. The van der Waals surface area contributed by atoms with Crippen molar-refractivity contribution in [1.82, 2.24) is 9.97 Å². The maximum absolute atomic E-state index is 12.6. The molecule has 3 rings (SSSR count). The Morgan fingerprint density at radius 1 is 1.17 bits per heavy atom. The van der Waals surface area contributed by atoms with Gasteiger partial charge in [-0.2, -0.15) is 13.2 Å².